The van der Waals surface area contributed by atoms with Gasteiger partial charge in [0.2, 0.25) is 5.91 Å². The molecule has 1 amide bonds. The van der Waals surface area contributed by atoms with Gasteiger partial charge in [-0.1, -0.05) is 30.3 Å². The predicted octanol–water partition coefficient (Wildman–Crippen LogP) is 1.32. The maximum Gasteiger partial charge on any atom is 0.244 e. The molecule has 0 spiro atoms. The molecule has 21 heavy (non-hydrogen) atoms. The Bertz CT molecular complexity index is 633. The first-order valence-electron chi connectivity index (χ1n) is 7.23. The van der Waals surface area contributed by atoms with E-state index in [4.69, 9.17) is 5.73 Å². The molecular formula is C16H20N4O. The predicted molar refractivity (Wildman–Crippen MR) is 80.4 cm³/mol. The van der Waals surface area contributed by atoms with Crippen LogP contribution in [0.3, 0.4) is 0 Å². The third-order valence-electron chi connectivity index (χ3n) is 4.03. The van der Waals surface area contributed by atoms with Crippen LogP contribution in [0.25, 0.3) is 0 Å². The van der Waals surface area contributed by atoms with E-state index >= 15 is 0 Å². The van der Waals surface area contributed by atoms with Crippen LogP contribution in [0.2, 0.25) is 0 Å². The third-order valence-corrected chi connectivity index (χ3v) is 4.03. The van der Waals surface area contributed by atoms with Crippen LogP contribution in [-0.2, 0) is 16.9 Å². The number of hydrogen-bond acceptors (Lipinski definition) is 3. The van der Waals surface area contributed by atoms with Crippen LogP contribution in [0, 0.1) is 6.92 Å². The number of hydrogen-bond donors (Lipinski definition) is 2. The normalized spacial score (nSPS) is 17.4. The summed E-state index contributed by atoms with van der Waals surface area (Å²) in [6.45, 7) is 2.38. The van der Waals surface area contributed by atoms with Crippen molar-refractivity contribution < 1.29 is 4.79 Å². The van der Waals surface area contributed by atoms with Gasteiger partial charge in [-0.2, -0.15) is 5.10 Å². The number of nitrogens with one attached hydrogen (secondary N) is 1. The van der Waals surface area contributed by atoms with Crippen molar-refractivity contribution in [1.82, 2.24) is 15.1 Å². The van der Waals surface area contributed by atoms with Gasteiger partial charge in [0.05, 0.1) is 6.54 Å². The summed E-state index contributed by atoms with van der Waals surface area (Å²) < 4.78 is 1.83. The highest BCUT2D eigenvalue weighted by molar-refractivity contribution is 5.86. The average Bonchev–Trinajstić information content (AvgIpc) is 3.21. The lowest BCUT2D eigenvalue weighted by Crippen LogP contribution is -2.56. The number of nitrogens with zero attached hydrogens (tertiary/aromatic N) is 2. The molecule has 0 bridgehead atoms. The van der Waals surface area contributed by atoms with E-state index in [0.717, 1.165) is 24.1 Å². The van der Waals surface area contributed by atoms with Gasteiger partial charge < -0.3 is 5.73 Å². The lowest BCUT2D eigenvalue weighted by Gasteiger charge is -2.33. The van der Waals surface area contributed by atoms with Crippen molar-refractivity contribution in [3.63, 3.8) is 0 Å². The monoisotopic (exact) mass is 284 g/mol. The highest BCUT2D eigenvalue weighted by Crippen LogP contribution is 2.30. The molecule has 1 aromatic heterocycles. The molecule has 0 aliphatic heterocycles. The van der Waals surface area contributed by atoms with E-state index in [1.54, 1.807) is 6.20 Å². The fraction of sp³-hybridized carbons (Fsp3) is 0.375. The molecule has 1 heterocycles. The van der Waals surface area contributed by atoms with Crippen molar-refractivity contribution in [2.24, 2.45) is 5.73 Å². The largest absolute Gasteiger partial charge is 0.368 e. The minimum Gasteiger partial charge on any atom is -0.368 e. The van der Waals surface area contributed by atoms with E-state index in [9.17, 15) is 4.79 Å². The lowest BCUT2D eigenvalue weighted by atomic mass is 9.88. The van der Waals surface area contributed by atoms with Crippen LogP contribution in [0.1, 0.15) is 24.1 Å². The van der Waals surface area contributed by atoms with Crippen molar-refractivity contribution in [1.29, 1.82) is 0 Å². The van der Waals surface area contributed by atoms with Crippen LogP contribution in [0.5, 0.6) is 0 Å². The van der Waals surface area contributed by atoms with Crippen LogP contribution in [-0.4, -0.2) is 21.7 Å². The molecule has 1 fully saturated rings. The zero-order valence-corrected chi connectivity index (χ0v) is 12.1. The molecule has 5 heteroatoms. The second-order valence-electron chi connectivity index (χ2n) is 5.68. The average molecular weight is 284 g/mol. The maximum atomic E-state index is 12.3. The van der Waals surface area contributed by atoms with Gasteiger partial charge in [-0.25, -0.2) is 0 Å². The molecule has 1 aliphatic carbocycles. The topological polar surface area (TPSA) is 72.9 Å². The first-order valence-corrected chi connectivity index (χ1v) is 7.23. The number of aromatic nitrogens is 2. The molecule has 110 valence electrons. The fourth-order valence-corrected chi connectivity index (χ4v) is 2.60. The summed E-state index contributed by atoms with van der Waals surface area (Å²) >= 11 is 0. The molecular weight excluding hydrogens is 264 g/mol. The highest BCUT2D eigenvalue weighted by Gasteiger charge is 2.43. The summed E-state index contributed by atoms with van der Waals surface area (Å²) in [7, 11) is 0. The molecule has 1 saturated carbocycles. The molecule has 2 aromatic rings. The van der Waals surface area contributed by atoms with Crippen molar-refractivity contribution >= 4 is 5.91 Å². The zero-order chi connectivity index (χ0) is 14.9. The van der Waals surface area contributed by atoms with E-state index in [2.05, 4.69) is 10.4 Å². The molecule has 5 nitrogen and oxygen atoms in total. The van der Waals surface area contributed by atoms with E-state index in [1.807, 2.05) is 48.0 Å². The number of carbonyl (C=O) groups is 1. The number of aryl methyl sites for hydroxylation is 1. The van der Waals surface area contributed by atoms with Gasteiger partial charge in [0.1, 0.15) is 5.54 Å². The SMILES string of the molecule is Cc1ccnn1CC(NC1CC1)(C(N)=O)c1ccccc1. The minimum atomic E-state index is -0.917. The van der Waals surface area contributed by atoms with E-state index in [1.165, 1.54) is 0 Å². The molecule has 1 aromatic carbocycles. The minimum absolute atomic E-state index is 0.355. The van der Waals surface area contributed by atoms with Crippen molar-refractivity contribution in [3.05, 3.63) is 53.9 Å². The molecule has 1 aliphatic rings. The van der Waals surface area contributed by atoms with Gasteiger partial charge >= 0.3 is 0 Å². The number of benzene rings is 1. The molecule has 3 N–H and O–H groups in total. The zero-order valence-electron chi connectivity index (χ0n) is 12.1. The molecule has 0 radical (unpaired) electrons. The van der Waals surface area contributed by atoms with Gasteiger partial charge in [0, 0.05) is 17.9 Å². The van der Waals surface area contributed by atoms with Crippen LogP contribution in [0.4, 0.5) is 0 Å². The standard InChI is InChI=1S/C16H20N4O/c1-12-9-10-18-20(12)11-16(15(17)21,19-14-7-8-14)13-5-3-2-4-6-13/h2-6,9-10,14,19H,7-8,11H2,1H3,(H2,17,21). The Labute approximate surface area is 124 Å². The summed E-state index contributed by atoms with van der Waals surface area (Å²) in [6, 6.07) is 12.0. The number of primary amides is 1. The van der Waals surface area contributed by atoms with Gasteiger partial charge in [0.15, 0.2) is 0 Å². The number of rotatable bonds is 6. The molecule has 0 saturated heterocycles. The van der Waals surface area contributed by atoms with Gasteiger partial charge in [0.25, 0.3) is 0 Å². The smallest absolute Gasteiger partial charge is 0.244 e. The highest BCUT2D eigenvalue weighted by atomic mass is 16.1. The van der Waals surface area contributed by atoms with E-state index < -0.39 is 5.54 Å². The number of nitrogens with two attached hydrogens (primary N) is 1. The summed E-state index contributed by atoms with van der Waals surface area (Å²) in [4.78, 5) is 12.3. The Morgan fingerprint density at radius 1 is 1.38 bits per heavy atom. The lowest BCUT2D eigenvalue weighted by molar-refractivity contribution is -0.125. The van der Waals surface area contributed by atoms with Crippen LogP contribution in [0.15, 0.2) is 42.6 Å². The summed E-state index contributed by atoms with van der Waals surface area (Å²) in [5, 5.41) is 7.76. The Kier molecular flexibility index (Phi) is 3.51. The van der Waals surface area contributed by atoms with Gasteiger partial charge in [-0.15, -0.1) is 0 Å². The van der Waals surface area contributed by atoms with Crippen LogP contribution < -0.4 is 11.1 Å². The first-order chi connectivity index (χ1) is 10.1. The van der Waals surface area contributed by atoms with E-state index in [-0.39, 0.29) is 5.91 Å². The summed E-state index contributed by atoms with van der Waals surface area (Å²) in [5.41, 5.74) is 6.78. The Morgan fingerprint density at radius 3 is 2.62 bits per heavy atom. The Hall–Kier alpha value is -2.14. The van der Waals surface area contributed by atoms with Crippen LogP contribution >= 0.6 is 0 Å². The van der Waals surface area contributed by atoms with Crippen molar-refractivity contribution in [2.45, 2.75) is 37.9 Å². The van der Waals surface area contributed by atoms with Gasteiger partial charge in [-0.05, 0) is 31.4 Å². The van der Waals surface area contributed by atoms with Gasteiger partial charge in [-0.3, -0.25) is 14.8 Å². The molecule has 3 rings (SSSR count). The molecule has 1 unspecified atom stereocenters. The quantitative estimate of drug-likeness (QED) is 0.840. The first kappa shape index (κ1) is 13.8. The second-order valence-corrected chi connectivity index (χ2v) is 5.68. The maximum absolute atomic E-state index is 12.3. The summed E-state index contributed by atoms with van der Waals surface area (Å²) in [5.74, 6) is -0.365. The third kappa shape index (κ3) is 2.69. The second kappa shape index (κ2) is 5.33. The van der Waals surface area contributed by atoms with E-state index in [0.29, 0.717) is 12.6 Å². The number of carbonyl (C=O) groups excluding carboxylic acids is 1. The van der Waals surface area contributed by atoms with Crippen molar-refractivity contribution in [3.8, 4) is 0 Å². The Balaban J connectivity index is 2.03. The number of amides is 1. The van der Waals surface area contributed by atoms with Crippen molar-refractivity contribution in [2.75, 3.05) is 0 Å². The Morgan fingerprint density at radius 2 is 2.10 bits per heavy atom. The fourth-order valence-electron chi connectivity index (χ4n) is 2.60. The molecule has 1 atom stereocenters. The summed E-state index contributed by atoms with van der Waals surface area (Å²) in [6.07, 6.45) is 3.91.